The average Bonchev–Trinajstić information content (AvgIpc) is 2.04. The second-order valence-electron chi connectivity index (χ2n) is 2.33. The lowest BCUT2D eigenvalue weighted by molar-refractivity contribution is -0.146. The van der Waals surface area contributed by atoms with E-state index in [1.165, 1.54) is 24.3 Å². The first-order valence-corrected chi connectivity index (χ1v) is 3.31. The molecule has 0 fully saturated rings. The molecule has 64 valence electrons. The van der Waals surface area contributed by atoms with Crippen molar-refractivity contribution in [3.05, 3.63) is 29.8 Å². The van der Waals surface area contributed by atoms with Crippen molar-refractivity contribution in [1.29, 1.82) is 0 Å². The van der Waals surface area contributed by atoms with E-state index in [2.05, 4.69) is 0 Å². The zero-order valence-electron chi connectivity index (χ0n) is 6.14. The smallest absolute Gasteiger partial charge is 0.337 e. The lowest BCUT2D eigenvalue weighted by atomic mass is 10.1. The molecule has 12 heavy (non-hydrogen) atoms. The Hall–Kier alpha value is -1.55. The van der Waals surface area contributed by atoms with E-state index in [-0.39, 0.29) is 11.3 Å². The summed E-state index contributed by atoms with van der Waals surface area (Å²) in [6, 6.07) is 5.35. The molecule has 0 aliphatic carbocycles. The molecule has 0 spiro atoms. The number of aliphatic carboxylic acids is 1. The summed E-state index contributed by atoms with van der Waals surface area (Å²) in [5.41, 5.74) is 0.250. The van der Waals surface area contributed by atoms with Gasteiger partial charge in [-0.25, -0.2) is 4.79 Å². The molecular formula is C8H8O4. The number of aromatic hydroxyl groups is 1. The van der Waals surface area contributed by atoms with Crippen molar-refractivity contribution >= 4 is 5.97 Å². The van der Waals surface area contributed by atoms with Gasteiger partial charge in [0.25, 0.3) is 0 Å². The minimum absolute atomic E-state index is 0.0383. The summed E-state index contributed by atoms with van der Waals surface area (Å²) >= 11 is 0. The Balaban J connectivity index is 2.89. The highest BCUT2D eigenvalue weighted by Gasteiger charge is 2.14. The van der Waals surface area contributed by atoms with Crippen LogP contribution in [0.1, 0.15) is 11.7 Å². The second kappa shape index (κ2) is 3.23. The number of hydrogen-bond donors (Lipinski definition) is 3. The number of carboxylic acid groups (broad SMARTS) is 1. The molecule has 4 nitrogen and oxygen atoms in total. The van der Waals surface area contributed by atoms with Gasteiger partial charge in [0.15, 0.2) is 6.10 Å². The van der Waals surface area contributed by atoms with E-state index in [4.69, 9.17) is 15.3 Å². The fourth-order valence-corrected chi connectivity index (χ4v) is 0.799. The van der Waals surface area contributed by atoms with E-state index in [0.717, 1.165) is 0 Å². The van der Waals surface area contributed by atoms with Gasteiger partial charge >= 0.3 is 5.97 Å². The maximum Gasteiger partial charge on any atom is 0.337 e. The summed E-state index contributed by atoms with van der Waals surface area (Å²) in [6.07, 6.45) is -1.52. The molecular weight excluding hydrogens is 160 g/mol. The number of hydrogen-bond acceptors (Lipinski definition) is 3. The number of aliphatic hydroxyl groups excluding tert-OH is 1. The molecule has 0 unspecified atom stereocenters. The van der Waals surface area contributed by atoms with E-state index in [0.29, 0.717) is 0 Å². The van der Waals surface area contributed by atoms with Crippen molar-refractivity contribution in [2.45, 2.75) is 6.10 Å². The highest BCUT2D eigenvalue weighted by molar-refractivity contribution is 5.74. The Labute approximate surface area is 68.7 Å². The normalized spacial score (nSPS) is 12.4. The predicted molar refractivity (Wildman–Crippen MR) is 40.7 cm³/mol. The van der Waals surface area contributed by atoms with Crippen LogP contribution >= 0.6 is 0 Å². The molecule has 0 aliphatic rings. The van der Waals surface area contributed by atoms with Crippen LogP contribution in [0.4, 0.5) is 0 Å². The topological polar surface area (TPSA) is 77.8 Å². The molecule has 3 N–H and O–H groups in total. The van der Waals surface area contributed by atoms with Crippen molar-refractivity contribution in [2.75, 3.05) is 0 Å². The second-order valence-corrected chi connectivity index (χ2v) is 2.33. The van der Waals surface area contributed by atoms with E-state index in [1.807, 2.05) is 0 Å². The van der Waals surface area contributed by atoms with Crippen LogP contribution in [0.25, 0.3) is 0 Å². The van der Waals surface area contributed by atoms with Crippen LogP contribution in [0.5, 0.6) is 5.75 Å². The van der Waals surface area contributed by atoms with Gasteiger partial charge in [-0.1, -0.05) is 12.1 Å². The van der Waals surface area contributed by atoms with Gasteiger partial charge in [0.2, 0.25) is 0 Å². The number of phenolic OH excluding ortho intramolecular Hbond substituents is 1. The zero-order chi connectivity index (χ0) is 9.14. The monoisotopic (exact) mass is 168 g/mol. The third kappa shape index (κ3) is 1.73. The summed E-state index contributed by atoms with van der Waals surface area (Å²) in [6.45, 7) is 0. The third-order valence-electron chi connectivity index (χ3n) is 1.44. The molecule has 0 aliphatic heterocycles. The summed E-state index contributed by atoms with van der Waals surface area (Å²) < 4.78 is 0. The van der Waals surface area contributed by atoms with Crippen molar-refractivity contribution in [1.82, 2.24) is 0 Å². The molecule has 0 bridgehead atoms. The van der Waals surface area contributed by atoms with Gasteiger partial charge in [0.1, 0.15) is 5.75 Å². The molecule has 0 amide bonds. The molecule has 0 heterocycles. The molecule has 1 rings (SSSR count). The van der Waals surface area contributed by atoms with E-state index in [1.54, 1.807) is 0 Å². The van der Waals surface area contributed by atoms with Gasteiger partial charge in [-0.3, -0.25) is 0 Å². The van der Waals surface area contributed by atoms with Gasteiger partial charge in [0.05, 0.1) is 0 Å². The van der Waals surface area contributed by atoms with Crippen LogP contribution in [0.2, 0.25) is 0 Å². The molecule has 4 heteroatoms. The number of carboxylic acids is 1. The maximum atomic E-state index is 10.3. The Morgan fingerprint density at radius 3 is 2.17 bits per heavy atom. The maximum absolute atomic E-state index is 10.3. The Morgan fingerprint density at radius 2 is 1.75 bits per heavy atom. The van der Waals surface area contributed by atoms with Crippen LogP contribution in [-0.2, 0) is 4.79 Å². The lowest BCUT2D eigenvalue weighted by Crippen LogP contribution is -2.09. The van der Waals surface area contributed by atoms with Crippen molar-refractivity contribution < 1.29 is 20.1 Å². The first-order chi connectivity index (χ1) is 5.61. The Kier molecular flexibility index (Phi) is 2.30. The largest absolute Gasteiger partial charge is 0.508 e. The average molecular weight is 168 g/mol. The quantitative estimate of drug-likeness (QED) is 0.601. The minimum atomic E-state index is -1.52. The number of carbonyl (C=O) groups is 1. The zero-order valence-corrected chi connectivity index (χ0v) is 6.14. The van der Waals surface area contributed by atoms with Gasteiger partial charge in [-0.05, 0) is 17.7 Å². The number of phenols is 1. The fourth-order valence-electron chi connectivity index (χ4n) is 0.799. The summed E-state index contributed by atoms with van der Waals surface area (Å²) in [7, 11) is 0. The molecule has 1 aromatic carbocycles. The minimum Gasteiger partial charge on any atom is -0.508 e. The molecule has 0 saturated heterocycles. The predicted octanol–water partition coefficient (Wildman–Crippen LogP) is 0.510. The molecule has 1 atom stereocenters. The highest BCUT2D eigenvalue weighted by Crippen LogP contribution is 2.16. The van der Waals surface area contributed by atoms with E-state index in [9.17, 15) is 4.79 Å². The number of aliphatic hydroxyl groups is 1. The van der Waals surface area contributed by atoms with Gasteiger partial charge in [-0.2, -0.15) is 0 Å². The summed E-state index contributed by atoms with van der Waals surface area (Å²) in [4.78, 5) is 10.3. The van der Waals surface area contributed by atoms with Gasteiger partial charge in [0, 0.05) is 0 Å². The Morgan fingerprint density at radius 1 is 1.25 bits per heavy atom. The summed E-state index contributed by atoms with van der Waals surface area (Å²) in [5, 5.41) is 26.2. The first kappa shape index (κ1) is 8.55. The molecule has 1 aromatic rings. The van der Waals surface area contributed by atoms with Crippen molar-refractivity contribution in [3.8, 4) is 5.75 Å². The number of benzene rings is 1. The summed E-state index contributed by atoms with van der Waals surface area (Å²) in [5.74, 6) is -1.27. The molecule has 0 radical (unpaired) electrons. The lowest BCUT2D eigenvalue weighted by Gasteiger charge is -2.04. The Bertz CT molecular complexity index is 278. The fraction of sp³-hybridized carbons (Fsp3) is 0.125. The standard InChI is InChI=1S/C8H8O4/c9-6-3-1-5(2-4-6)7(10)8(11)12/h1-4,7,9-10H,(H,11,12)/t7-/m0/s1. The van der Waals surface area contributed by atoms with Gasteiger partial charge < -0.3 is 15.3 Å². The van der Waals surface area contributed by atoms with Gasteiger partial charge in [-0.15, -0.1) is 0 Å². The van der Waals surface area contributed by atoms with E-state index >= 15 is 0 Å². The van der Waals surface area contributed by atoms with Crippen LogP contribution in [-0.4, -0.2) is 21.3 Å². The van der Waals surface area contributed by atoms with E-state index < -0.39 is 12.1 Å². The highest BCUT2D eigenvalue weighted by atomic mass is 16.4. The van der Waals surface area contributed by atoms with Crippen molar-refractivity contribution in [2.24, 2.45) is 0 Å². The SMILES string of the molecule is O=C(O)[C@@H](O)c1ccc(O)cc1. The molecule has 0 saturated carbocycles. The van der Waals surface area contributed by atoms with Crippen LogP contribution in [0.3, 0.4) is 0 Å². The molecule has 0 aromatic heterocycles. The van der Waals surface area contributed by atoms with Crippen LogP contribution in [0.15, 0.2) is 24.3 Å². The van der Waals surface area contributed by atoms with Crippen LogP contribution < -0.4 is 0 Å². The number of rotatable bonds is 2. The van der Waals surface area contributed by atoms with Crippen LogP contribution in [0, 0.1) is 0 Å². The first-order valence-electron chi connectivity index (χ1n) is 3.31. The van der Waals surface area contributed by atoms with Crippen molar-refractivity contribution in [3.63, 3.8) is 0 Å². The third-order valence-corrected chi connectivity index (χ3v) is 1.44.